The summed E-state index contributed by atoms with van der Waals surface area (Å²) in [6.07, 6.45) is 1.17. The molecule has 1 saturated heterocycles. The minimum Gasteiger partial charge on any atom is -0.309 e. The maximum atomic E-state index is 10.7. The molecule has 1 N–H and O–H groups in total. The van der Waals surface area contributed by atoms with Gasteiger partial charge in [0.05, 0.1) is 4.92 Å². The summed E-state index contributed by atoms with van der Waals surface area (Å²) in [5.74, 6) is 2.31. The molecule has 1 aliphatic rings. The Kier molecular flexibility index (Phi) is 4.25. The molecule has 1 fully saturated rings. The molecule has 92 valence electrons. The highest BCUT2D eigenvalue weighted by molar-refractivity contribution is 7.99. The Hall–Kier alpha value is -0.780. The van der Waals surface area contributed by atoms with E-state index in [1.807, 2.05) is 17.8 Å². The average molecular weight is 273 g/mol. The molecule has 1 aromatic rings. The van der Waals surface area contributed by atoms with Gasteiger partial charge in [0.1, 0.15) is 5.02 Å². The first-order valence-electron chi connectivity index (χ1n) is 5.41. The summed E-state index contributed by atoms with van der Waals surface area (Å²) in [6.45, 7) is 0.656. The second kappa shape index (κ2) is 5.71. The third kappa shape index (κ3) is 3.34. The van der Waals surface area contributed by atoms with Crippen LogP contribution in [0.5, 0.6) is 0 Å². The highest BCUT2D eigenvalue weighted by Gasteiger charge is 2.16. The van der Waals surface area contributed by atoms with Gasteiger partial charge in [-0.3, -0.25) is 10.1 Å². The molecule has 0 aliphatic carbocycles. The van der Waals surface area contributed by atoms with Gasteiger partial charge in [-0.25, -0.2) is 0 Å². The van der Waals surface area contributed by atoms with Gasteiger partial charge in [0.15, 0.2) is 0 Å². The maximum absolute atomic E-state index is 10.7. The van der Waals surface area contributed by atoms with Crippen LogP contribution in [0.1, 0.15) is 12.0 Å². The van der Waals surface area contributed by atoms with Crippen LogP contribution >= 0.6 is 23.4 Å². The van der Waals surface area contributed by atoms with Gasteiger partial charge in [0, 0.05) is 24.4 Å². The minimum absolute atomic E-state index is 0.0215. The lowest BCUT2D eigenvalue weighted by Gasteiger charge is -2.10. The highest BCUT2D eigenvalue weighted by atomic mass is 35.5. The van der Waals surface area contributed by atoms with Crippen molar-refractivity contribution in [3.8, 4) is 0 Å². The number of benzene rings is 1. The number of nitrogens with one attached hydrogen (secondary N) is 1. The van der Waals surface area contributed by atoms with Crippen LogP contribution in [-0.4, -0.2) is 22.5 Å². The Morgan fingerprint density at radius 3 is 3.06 bits per heavy atom. The van der Waals surface area contributed by atoms with E-state index in [0.29, 0.717) is 12.6 Å². The molecule has 17 heavy (non-hydrogen) atoms. The van der Waals surface area contributed by atoms with E-state index in [4.69, 9.17) is 11.6 Å². The minimum atomic E-state index is -0.447. The van der Waals surface area contributed by atoms with Crippen molar-refractivity contribution in [2.24, 2.45) is 0 Å². The smallest absolute Gasteiger partial charge is 0.288 e. The number of thioether (sulfide) groups is 1. The SMILES string of the molecule is O=[N+]([O-])c1cc(CNC2CCSC2)ccc1Cl. The van der Waals surface area contributed by atoms with Crippen molar-refractivity contribution in [3.63, 3.8) is 0 Å². The zero-order valence-corrected chi connectivity index (χ0v) is 10.8. The predicted octanol–water partition coefficient (Wildman–Crippen LogP) is 2.84. The number of nitrogens with zero attached hydrogens (tertiary/aromatic N) is 1. The van der Waals surface area contributed by atoms with Crippen LogP contribution in [0.25, 0.3) is 0 Å². The third-order valence-corrected chi connectivity index (χ3v) is 4.21. The Balaban J connectivity index is 2.00. The fourth-order valence-electron chi connectivity index (χ4n) is 1.77. The lowest BCUT2D eigenvalue weighted by molar-refractivity contribution is -0.384. The largest absolute Gasteiger partial charge is 0.309 e. The second-order valence-corrected chi connectivity index (χ2v) is 5.54. The van der Waals surface area contributed by atoms with Crippen LogP contribution in [0.3, 0.4) is 0 Å². The molecule has 1 heterocycles. The van der Waals surface area contributed by atoms with E-state index in [-0.39, 0.29) is 10.7 Å². The van der Waals surface area contributed by atoms with Crippen LogP contribution in [0.4, 0.5) is 5.69 Å². The van der Waals surface area contributed by atoms with Crippen molar-refractivity contribution in [2.45, 2.75) is 19.0 Å². The number of hydrogen-bond acceptors (Lipinski definition) is 4. The van der Waals surface area contributed by atoms with Crippen molar-refractivity contribution in [3.05, 3.63) is 38.9 Å². The molecule has 1 unspecified atom stereocenters. The van der Waals surface area contributed by atoms with Crippen molar-refractivity contribution in [1.82, 2.24) is 5.32 Å². The molecule has 0 saturated carbocycles. The first kappa shape index (κ1) is 12.7. The lowest BCUT2D eigenvalue weighted by atomic mass is 10.2. The Bertz CT molecular complexity index is 422. The topological polar surface area (TPSA) is 55.2 Å². The van der Waals surface area contributed by atoms with Gasteiger partial charge in [0.25, 0.3) is 5.69 Å². The van der Waals surface area contributed by atoms with Crippen LogP contribution < -0.4 is 5.32 Å². The van der Waals surface area contributed by atoms with E-state index >= 15 is 0 Å². The Morgan fingerprint density at radius 1 is 1.59 bits per heavy atom. The Morgan fingerprint density at radius 2 is 2.41 bits per heavy atom. The fraction of sp³-hybridized carbons (Fsp3) is 0.455. The molecule has 1 atom stereocenters. The summed E-state index contributed by atoms with van der Waals surface area (Å²) in [7, 11) is 0. The number of rotatable bonds is 4. The summed E-state index contributed by atoms with van der Waals surface area (Å²) in [5, 5.41) is 14.3. The van der Waals surface area contributed by atoms with Crippen molar-refractivity contribution in [1.29, 1.82) is 0 Å². The summed E-state index contributed by atoms with van der Waals surface area (Å²) >= 11 is 7.69. The van der Waals surface area contributed by atoms with E-state index in [0.717, 1.165) is 11.3 Å². The van der Waals surface area contributed by atoms with E-state index in [1.165, 1.54) is 18.2 Å². The predicted molar refractivity (Wildman–Crippen MR) is 70.7 cm³/mol. The van der Waals surface area contributed by atoms with Crippen molar-refractivity contribution in [2.75, 3.05) is 11.5 Å². The molecule has 0 spiro atoms. The molecule has 4 nitrogen and oxygen atoms in total. The van der Waals surface area contributed by atoms with Gasteiger partial charge >= 0.3 is 0 Å². The standard InChI is InChI=1S/C11H13ClN2O2S/c12-10-2-1-8(5-11(10)14(15)16)6-13-9-3-4-17-7-9/h1-2,5,9,13H,3-4,6-7H2. The van der Waals surface area contributed by atoms with Crippen LogP contribution in [-0.2, 0) is 6.54 Å². The van der Waals surface area contributed by atoms with E-state index in [9.17, 15) is 10.1 Å². The second-order valence-electron chi connectivity index (χ2n) is 3.98. The molecular weight excluding hydrogens is 260 g/mol. The maximum Gasteiger partial charge on any atom is 0.288 e. The van der Waals surface area contributed by atoms with E-state index in [1.54, 1.807) is 6.07 Å². The van der Waals surface area contributed by atoms with E-state index in [2.05, 4.69) is 5.32 Å². The summed E-state index contributed by atoms with van der Waals surface area (Å²) in [4.78, 5) is 10.3. The van der Waals surface area contributed by atoms with E-state index < -0.39 is 4.92 Å². The molecule has 6 heteroatoms. The molecule has 1 aromatic carbocycles. The van der Waals surface area contributed by atoms with Crippen LogP contribution in [0.2, 0.25) is 5.02 Å². The third-order valence-electron chi connectivity index (χ3n) is 2.73. The van der Waals surface area contributed by atoms with Crippen LogP contribution in [0.15, 0.2) is 18.2 Å². The molecular formula is C11H13ClN2O2S. The fourth-order valence-corrected chi connectivity index (χ4v) is 3.14. The first-order valence-corrected chi connectivity index (χ1v) is 6.94. The number of halogens is 1. The summed E-state index contributed by atoms with van der Waals surface area (Å²) in [5.41, 5.74) is 0.879. The monoisotopic (exact) mass is 272 g/mol. The molecule has 0 amide bonds. The lowest BCUT2D eigenvalue weighted by Crippen LogP contribution is -2.27. The normalized spacial score (nSPS) is 19.5. The first-order chi connectivity index (χ1) is 8.16. The zero-order chi connectivity index (χ0) is 12.3. The van der Waals surface area contributed by atoms with Gasteiger partial charge in [-0.1, -0.05) is 17.7 Å². The summed E-state index contributed by atoms with van der Waals surface area (Å²) in [6, 6.07) is 5.47. The number of nitro groups is 1. The highest BCUT2D eigenvalue weighted by Crippen LogP contribution is 2.25. The van der Waals surface area contributed by atoms with Crippen molar-refractivity contribution < 1.29 is 4.92 Å². The van der Waals surface area contributed by atoms with Gasteiger partial charge in [0.2, 0.25) is 0 Å². The number of nitro benzene ring substituents is 1. The van der Waals surface area contributed by atoms with Gasteiger partial charge < -0.3 is 5.32 Å². The van der Waals surface area contributed by atoms with Crippen LogP contribution in [0, 0.1) is 10.1 Å². The van der Waals surface area contributed by atoms with Gasteiger partial charge in [-0.2, -0.15) is 11.8 Å². The molecule has 0 bridgehead atoms. The zero-order valence-electron chi connectivity index (χ0n) is 9.19. The number of hydrogen-bond donors (Lipinski definition) is 1. The molecule has 2 rings (SSSR count). The quantitative estimate of drug-likeness (QED) is 0.676. The van der Waals surface area contributed by atoms with Gasteiger partial charge in [-0.15, -0.1) is 0 Å². The average Bonchev–Trinajstić information content (AvgIpc) is 2.80. The van der Waals surface area contributed by atoms with Crippen molar-refractivity contribution >= 4 is 29.1 Å². The summed E-state index contributed by atoms with van der Waals surface area (Å²) < 4.78 is 0. The molecule has 0 aromatic heterocycles. The molecule has 1 aliphatic heterocycles. The Labute approximate surface area is 109 Å². The van der Waals surface area contributed by atoms with Gasteiger partial charge in [-0.05, 0) is 23.8 Å². The molecule has 0 radical (unpaired) electrons.